The monoisotopic (exact) mass is 388 g/mol. The number of amides is 1. The smallest absolute Gasteiger partial charge is 0.243 e. The van der Waals surface area contributed by atoms with Gasteiger partial charge in [-0.3, -0.25) is 9.48 Å². The maximum absolute atomic E-state index is 11.8. The number of nitriles is 1. The molecule has 2 aromatic heterocycles. The number of rotatable bonds is 5. The lowest BCUT2D eigenvalue weighted by Crippen LogP contribution is -2.26. The molecule has 9 nitrogen and oxygen atoms in total. The summed E-state index contributed by atoms with van der Waals surface area (Å²) in [7, 11) is 3.41. The minimum absolute atomic E-state index is 0.0442. The minimum Gasteiger partial charge on any atom is -0.383 e. The molecule has 29 heavy (non-hydrogen) atoms. The molecule has 1 aromatic carbocycles. The molecule has 9 heteroatoms. The summed E-state index contributed by atoms with van der Waals surface area (Å²) in [6.45, 7) is 0.999. The van der Waals surface area contributed by atoms with Crippen LogP contribution in [0.3, 0.4) is 0 Å². The number of anilines is 3. The number of benzene rings is 1. The van der Waals surface area contributed by atoms with E-state index in [4.69, 9.17) is 0 Å². The third-order valence-corrected chi connectivity index (χ3v) is 4.66. The molecule has 1 aliphatic rings. The molecule has 2 N–H and O–H groups in total. The number of aromatic nitrogens is 4. The highest BCUT2D eigenvalue weighted by Gasteiger charge is 2.17. The number of carbonyl (C=O) groups is 1. The van der Waals surface area contributed by atoms with Crippen molar-refractivity contribution < 1.29 is 4.79 Å². The molecule has 0 saturated heterocycles. The van der Waals surface area contributed by atoms with Gasteiger partial charge < -0.3 is 15.5 Å². The van der Waals surface area contributed by atoms with Gasteiger partial charge >= 0.3 is 0 Å². The lowest BCUT2D eigenvalue weighted by Gasteiger charge is -2.09. The van der Waals surface area contributed by atoms with Crippen LogP contribution in [0.5, 0.6) is 0 Å². The Bertz CT molecular complexity index is 1110. The zero-order chi connectivity index (χ0) is 20.4. The molecule has 0 saturated carbocycles. The topological polar surface area (TPSA) is 112 Å². The quantitative estimate of drug-likeness (QED) is 0.687. The highest BCUT2D eigenvalue weighted by atomic mass is 16.2. The Balaban J connectivity index is 1.55. The number of carbonyl (C=O) groups excluding carboxylic acids is 1. The summed E-state index contributed by atoms with van der Waals surface area (Å²) >= 11 is 0. The molecule has 0 atom stereocenters. The van der Waals surface area contributed by atoms with Gasteiger partial charge in [-0.15, -0.1) is 0 Å². The average Bonchev–Trinajstić information content (AvgIpc) is 3.36. The summed E-state index contributed by atoms with van der Waals surface area (Å²) in [4.78, 5) is 22.1. The van der Waals surface area contributed by atoms with Crippen molar-refractivity contribution in [2.24, 2.45) is 0 Å². The van der Waals surface area contributed by atoms with E-state index in [2.05, 4.69) is 37.8 Å². The molecule has 3 heterocycles. The molecule has 0 aliphatic carbocycles. The van der Waals surface area contributed by atoms with Crippen LogP contribution in [0, 0.1) is 11.3 Å². The third kappa shape index (κ3) is 3.87. The van der Waals surface area contributed by atoms with Gasteiger partial charge in [-0.05, 0) is 30.2 Å². The van der Waals surface area contributed by atoms with Crippen molar-refractivity contribution in [3.63, 3.8) is 0 Å². The van der Waals surface area contributed by atoms with Crippen molar-refractivity contribution in [2.75, 3.05) is 31.3 Å². The van der Waals surface area contributed by atoms with Crippen molar-refractivity contribution in [2.45, 2.75) is 13.0 Å². The zero-order valence-electron chi connectivity index (χ0n) is 16.2. The fourth-order valence-corrected chi connectivity index (χ4v) is 3.16. The SMILES string of the molecule is CN(C)C(=O)Cn1ccc(Nc2nccc(-c3cc(C#N)c4c(c3)CCN4)n2)n1. The molecule has 146 valence electrons. The van der Waals surface area contributed by atoms with Crippen LogP contribution in [0.4, 0.5) is 17.5 Å². The zero-order valence-corrected chi connectivity index (χ0v) is 16.2. The van der Waals surface area contributed by atoms with Gasteiger partial charge in [0.2, 0.25) is 11.9 Å². The van der Waals surface area contributed by atoms with E-state index in [-0.39, 0.29) is 12.5 Å². The van der Waals surface area contributed by atoms with Gasteiger partial charge in [0.05, 0.1) is 16.9 Å². The molecule has 1 amide bonds. The molecular formula is C20H20N8O. The molecule has 0 fully saturated rings. The summed E-state index contributed by atoms with van der Waals surface area (Å²) < 4.78 is 1.56. The first kappa shape index (κ1) is 18.4. The standard InChI is InChI=1S/C20H20N8O/c1-27(2)18(29)12-28-8-5-17(26-28)25-20-23-7-4-16(24-20)14-9-13-3-6-22-19(13)15(10-14)11-21/h4-5,7-10,22H,3,6,12H2,1-2H3,(H,23,24,25,26). The Morgan fingerprint density at radius 2 is 2.24 bits per heavy atom. The first-order chi connectivity index (χ1) is 14.0. The Hall–Kier alpha value is -3.93. The van der Waals surface area contributed by atoms with E-state index in [0.717, 1.165) is 35.5 Å². The number of fused-ring (bicyclic) bond motifs is 1. The summed E-state index contributed by atoms with van der Waals surface area (Å²) in [6.07, 6.45) is 4.27. The second-order valence-corrected chi connectivity index (χ2v) is 6.92. The van der Waals surface area contributed by atoms with E-state index in [9.17, 15) is 10.1 Å². The highest BCUT2D eigenvalue weighted by molar-refractivity contribution is 5.75. The number of hydrogen-bond acceptors (Lipinski definition) is 7. The number of likely N-dealkylation sites (N-methyl/N-ethyl adjacent to an activating group) is 1. The van der Waals surface area contributed by atoms with E-state index in [0.29, 0.717) is 17.3 Å². The summed E-state index contributed by atoms with van der Waals surface area (Å²) in [6, 6.07) is 9.72. The number of nitrogens with one attached hydrogen (secondary N) is 2. The maximum atomic E-state index is 11.8. The second-order valence-electron chi connectivity index (χ2n) is 6.92. The summed E-state index contributed by atoms with van der Waals surface area (Å²) in [5.74, 6) is 0.894. The van der Waals surface area contributed by atoms with Crippen LogP contribution >= 0.6 is 0 Å². The first-order valence-corrected chi connectivity index (χ1v) is 9.18. The van der Waals surface area contributed by atoms with E-state index < -0.39 is 0 Å². The molecule has 0 bridgehead atoms. The highest BCUT2D eigenvalue weighted by Crippen LogP contribution is 2.31. The average molecular weight is 388 g/mol. The van der Waals surface area contributed by atoms with Crippen molar-refractivity contribution in [3.8, 4) is 17.3 Å². The molecule has 4 rings (SSSR count). The van der Waals surface area contributed by atoms with Gasteiger partial charge in [-0.1, -0.05) is 0 Å². The van der Waals surface area contributed by atoms with Crippen molar-refractivity contribution in [3.05, 3.63) is 47.8 Å². The van der Waals surface area contributed by atoms with E-state index in [1.54, 1.807) is 37.2 Å². The van der Waals surface area contributed by atoms with Gasteiger partial charge in [0.25, 0.3) is 0 Å². The second kappa shape index (κ2) is 7.59. The number of nitrogens with zero attached hydrogens (tertiary/aromatic N) is 6. The molecule has 3 aromatic rings. The Labute approximate surface area is 168 Å². The van der Waals surface area contributed by atoms with E-state index in [1.165, 1.54) is 4.90 Å². The van der Waals surface area contributed by atoms with Crippen LogP contribution in [-0.2, 0) is 17.8 Å². The Kier molecular flexibility index (Phi) is 4.83. The van der Waals surface area contributed by atoms with Gasteiger partial charge in [0.1, 0.15) is 12.6 Å². The van der Waals surface area contributed by atoms with Gasteiger partial charge in [-0.2, -0.15) is 10.4 Å². The summed E-state index contributed by atoms with van der Waals surface area (Å²) in [5.41, 5.74) is 4.25. The molecular weight excluding hydrogens is 368 g/mol. The van der Waals surface area contributed by atoms with Crippen LogP contribution in [-0.4, -0.2) is 51.2 Å². The van der Waals surface area contributed by atoms with Crippen LogP contribution in [0.1, 0.15) is 11.1 Å². The molecule has 1 aliphatic heterocycles. The predicted molar refractivity (Wildman–Crippen MR) is 109 cm³/mol. The molecule has 0 unspecified atom stereocenters. The Morgan fingerprint density at radius 1 is 1.38 bits per heavy atom. The fourth-order valence-electron chi connectivity index (χ4n) is 3.16. The Morgan fingerprint density at radius 3 is 3.03 bits per heavy atom. The summed E-state index contributed by atoms with van der Waals surface area (Å²) in [5, 5.41) is 20.1. The third-order valence-electron chi connectivity index (χ3n) is 4.66. The first-order valence-electron chi connectivity index (χ1n) is 9.18. The van der Waals surface area contributed by atoms with Crippen LogP contribution in [0.15, 0.2) is 36.7 Å². The molecule has 0 radical (unpaired) electrons. The van der Waals surface area contributed by atoms with E-state index in [1.807, 2.05) is 12.1 Å². The molecule has 0 spiro atoms. The van der Waals surface area contributed by atoms with Crippen molar-refractivity contribution >= 4 is 23.4 Å². The van der Waals surface area contributed by atoms with Gasteiger partial charge in [-0.25, -0.2) is 9.97 Å². The van der Waals surface area contributed by atoms with E-state index >= 15 is 0 Å². The minimum atomic E-state index is -0.0442. The number of hydrogen-bond donors (Lipinski definition) is 2. The van der Waals surface area contributed by atoms with Gasteiger partial charge in [0.15, 0.2) is 5.82 Å². The van der Waals surface area contributed by atoms with Crippen LogP contribution in [0.25, 0.3) is 11.3 Å². The van der Waals surface area contributed by atoms with Crippen molar-refractivity contribution in [1.82, 2.24) is 24.6 Å². The van der Waals surface area contributed by atoms with Crippen molar-refractivity contribution in [1.29, 1.82) is 5.26 Å². The fraction of sp³-hybridized carbons (Fsp3) is 0.250. The lowest BCUT2D eigenvalue weighted by molar-refractivity contribution is -0.129. The van der Waals surface area contributed by atoms with Crippen LogP contribution < -0.4 is 10.6 Å². The van der Waals surface area contributed by atoms with Crippen LogP contribution in [0.2, 0.25) is 0 Å². The maximum Gasteiger partial charge on any atom is 0.243 e. The lowest BCUT2D eigenvalue weighted by atomic mass is 10.0. The predicted octanol–water partition coefficient (Wildman–Crippen LogP) is 2.01. The van der Waals surface area contributed by atoms with Gasteiger partial charge in [0, 0.05) is 44.7 Å². The normalized spacial score (nSPS) is 12.0. The largest absolute Gasteiger partial charge is 0.383 e.